The van der Waals surface area contributed by atoms with Gasteiger partial charge < -0.3 is 0 Å². The van der Waals surface area contributed by atoms with Gasteiger partial charge in [0.15, 0.2) is 0 Å². The number of amides is 1. The maximum absolute atomic E-state index is 12.7. The topological polar surface area (TPSA) is 115 Å². The fourth-order valence-corrected chi connectivity index (χ4v) is 3.00. The van der Waals surface area contributed by atoms with Crippen molar-refractivity contribution in [3.63, 3.8) is 0 Å². The zero-order chi connectivity index (χ0) is 21.6. The lowest BCUT2D eigenvalue weighted by molar-refractivity contribution is -0.384. The highest BCUT2D eigenvalue weighted by Crippen LogP contribution is 2.23. The van der Waals surface area contributed by atoms with Gasteiger partial charge in [-0.1, -0.05) is 60.7 Å². The first-order valence-corrected chi connectivity index (χ1v) is 9.26. The molecule has 152 valence electrons. The van der Waals surface area contributed by atoms with E-state index in [2.05, 4.69) is 20.6 Å². The molecule has 3 aromatic carbocycles. The Morgan fingerprint density at radius 1 is 0.935 bits per heavy atom. The van der Waals surface area contributed by atoms with Crippen molar-refractivity contribution in [2.45, 2.75) is 0 Å². The smallest absolute Gasteiger partial charge is 0.267 e. The van der Waals surface area contributed by atoms with Gasteiger partial charge in [0, 0.05) is 22.8 Å². The SMILES string of the molecule is O=C(NN=C(c1ccccc1)c1ccccc1)c1ccc(-n2cncn2)c([N+](=O)[O-])c1. The molecule has 9 heteroatoms. The van der Waals surface area contributed by atoms with E-state index in [1.807, 2.05) is 60.7 Å². The number of aromatic nitrogens is 3. The highest BCUT2D eigenvalue weighted by molar-refractivity contribution is 6.13. The summed E-state index contributed by atoms with van der Waals surface area (Å²) in [7, 11) is 0. The number of carbonyl (C=O) groups excluding carboxylic acids is 1. The Kier molecular flexibility index (Phi) is 5.57. The quantitative estimate of drug-likeness (QED) is 0.296. The minimum atomic E-state index is -0.573. The lowest BCUT2D eigenvalue weighted by atomic mass is 10.0. The number of rotatable bonds is 6. The van der Waals surface area contributed by atoms with Crippen molar-refractivity contribution in [1.82, 2.24) is 20.2 Å². The molecule has 0 spiro atoms. The van der Waals surface area contributed by atoms with E-state index < -0.39 is 10.8 Å². The lowest BCUT2D eigenvalue weighted by Gasteiger charge is -2.09. The molecule has 31 heavy (non-hydrogen) atoms. The predicted molar refractivity (Wildman–Crippen MR) is 114 cm³/mol. The zero-order valence-corrected chi connectivity index (χ0v) is 16.1. The molecule has 0 radical (unpaired) electrons. The molecule has 0 unspecified atom stereocenters. The van der Waals surface area contributed by atoms with E-state index in [0.29, 0.717) is 5.71 Å². The minimum Gasteiger partial charge on any atom is -0.267 e. The van der Waals surface area contributed by atoms with Crippen molar-refractivity contribution in [3.8, 4) is 5.69 Å². The fraction of sp³-hybridized carbons (Fsp3) is 0. The molecular formula is C22H16N6O3. The van der Waals surface area contributed by atoms with Gasteiger partial charge in [-0.15, -0.1) is 0 Å². The molecule has 0 fully saturated rings. The highest BCUT2D eigenvalue weighted by Gasteiger charge is 2.19. The van der Waals surface area contributed by atoms with Gasteiger partial charge in [0.1, 0.15) is 18.3 Å². The molecule has 0 saturated heterocycles. The van der Waals surface area contributed by atoms with Crippen LogP contribution < -0.4 is 5.43 Å². The Balaban J connectivity index is 1.66. The van der Waals surface area contributed by atoms with E-state index >= 15 is 0 Å². The summed E-state index contributed by atoms with van der Waals surface area (Å²) in [6.07, 6.45) is 2.62. The number of hydrogen-bond donors (Lipinski definition) is 1. The van der Waals surface area contributed by atoms with Crippen LogP contribution in [-0.2, 0) is 0 Å². The van der Waals surface area contributed by atoms with Gasteiger partial charge >= 0.3 is 0 Å². The fourth-order valence-electron chi connectivity index (χ4n) is 3.00. The average Bonchev–Trinajstić information content (AvgIpc) is 3.35. The molecule has 0 bridgehead atoms. The van der Waals surface area contributed by atoms with Crippen LogP contribution in [0.25, 0.3) is 5.69 Å². The number of nitro benzene ring substituents is 1. The predicted octanol–water partition coefficient (Wildman–Crippen LogP) is 3.36. The van der Waals surface area contributed by atoms with Crippen molar-refractivity contribution < 1.29 is 9.72 Å². The van der Waals surface area contributed by atoms with Crippen molar-refractivity contribution in [2.75, 3.05) is 0 Å². The molecule has 4 aromatic rings. The summed E-state index contributed by atoms with van der Waals surface area (Å²) in [5, 5.41) is 19.7. The molecule has 0 saturated carbocycles. The third kappa shape index (κ3) is 4.35. The van der Waals surface area contributed by atoms with E-state index in [9.17, 15) is 14.9 Å². The Hall–Kier alpha value is -4.66. The molecular weight excluding hydrogens is 396 g/mol. The number of hydrogen-bond acceptors (Lipinski definition) is 6. The van der Waals surface area contributed by atoms with Crippen LogP contribution in [0.2, 0.25) is 0 Å². The normalized spacial score (nSPS) is 10.3. The van der Waals surface area contributed by atoms with E-state index in [4.69, 9.17) is 0 Å². The lowest BCUT2D eigenvalue weighted by Crippen LogP contribution is -2.21. The maximum atomic E-state index is 12.7. The molecule has 0 aliphatic rings. The van der Waals surface area contributed by atoms with E-state index in [1.54, 1.807) is 0 Å². The van der Waals surface area contributed by atoms with Crippen LogP contribution in [0.1, 0.15) is 21.5 Å². The Labute approximate surface area is 176 Å². The van der Waals surface area contributed by atoms with Gasteiger partial charge in [-0.3, -0.25) is 14.9 Å². The molecule has 9 nitrogen and oxygen atoms in total. The Morgan fingerprint density at radius 2 is 1.58 bits per heavy atom. The summed E-state index contributed by atoms with van der Waals surface area (Å²) in [5.74, 6) is -0.572. The number of nitrogens with one attached hydrogen (secondary N) is 1. The zero-order valence-electron chi connectivity index (χ0n) is 16.1. The second-order valence-electron chi connectivity index (χ2n) is 6.43. The van der Waals surface area contributed by atoms with Crippen molar-refractivity contribution in [1.29, 1.82) is 0 Å². The molecule has 1 aromatic heterocycles. The third-order valence-electron chi connectivity index (χ3n) is 4.46. The highest BCUT2D eigenvalue weighted by atomic mass is 16.6. The molecule has 1 heterocycles. The number of hydrazone groups is 1. The van der Waals surface area contributed by atoms with Gasteiger partial charge in [-0.05, 0) is 12.1 Å². The summed E-state index contributed by atoms with van der Waals surface area (Å²) < 4.78 is 1.26. The Morgan fingerprint density at radius 3 is 2.13 bits per heavy atom. The van der Waals surface area contributed by atoms with Crippen LogP contribution in [0.3, 0.4) is 0 Å². The van der Waals surface area contributed by atoms with Crippen LogP contribution in [0.4, 0.5) is 5.69 Å². The minimum absolute atomic E-state index is 0.0970. The third-order valence-corrected chi connectivity index (χ3v) is 4.46. The molecule has 1 amide bonds. The van der Waals surface area contributed by atoms with Gasteiger partial charge in [-0.25, -0.2) is 15.1 Å². The van der Waals surface area contributed by atoms with Crippen LogP contribution in [0.15, 0.2) is 96.6 Å². The van der Waals surface area contributed by atoms with Crippen LogP contribution >= 0.6 is 0 Å². The maximum Gasteiger partial charge on any atom is 0.295 e. The van der Waals surface area contributed by atoms with E-state index in [-0.39, 0.29) is 16.9 Å². The summed E-state index contributed by atoms with van der Waals surface area (Å²) in [5.41, 5.74) is 4.75. The van der Waals surface area contributed by atoms with Gasteiger partial charge in [-0.2, -0.15) is 10.2 Å². The number of nitro groups is 1. The standard InChI is InChI=1S/C22H16N6O3/c29-22(18-11-12-19(20(13-18)28(30)31)27-15-23-14-24-27)26-25-21(16-7-3-1-4-8-16)17-9-5-2-6-10-17/h1-15H,(H,26,29). The van der Waals surface area contributed by atoms with E-state index in [0.717, 1.165) is 11.1 Å². The largest absolute Gasteiger partial charge is 0.295 e. The first-order chi connectivity index (χ1) is 15.1. The summed E-state index contributed by atoms with van der Waals surface area (Å²) >= 11 is 0. The van der Waals surface area contributed by atoms with Gasteiger partial charge in [0.25, 0.3) is 11.6 Å². The number of benzene rings is 3. The summed E-state index contributed by atoms with van der Waals surface area (Å²) in [6.45, 7) is 0. The first-order valence-electron chi connectivity index (χ1n) is 9.26. The summed E-state index contributed by atoms with van der Waals surface area (Å²) in [4.78, 5) is 27.4. The first kappa shape index (κ1) is 19.6. The van der Waals surface area contributed by atoms with Crippen LogP contribution in [0.5, 0.6) is 0 Å². The Bertz CT molecular complexity index is 1200. The molecule has 0 aliphatic heterocycles. The van der Waals surface area contributed by atoms with Gasteiger partial charge in [0.2, 0.25) is 0 Å². The molecule has 4 rings (SSSR count). The van der Waals surface area contributed by atoms with E-state index in [1.165, 1.54) is 35.5 Å². The monoisotopic (exact) mass is 412 g/mol. The van der Waals surface area contributed by atoms with Crippen LogP contribution in [0, 0.1) is 10.1 Å². The molecule has 1 N–H and O–H groups in total. The van der Waals surface area contributed by atoms with Crippen LogP contribution in [-0.4, -0.2) is 31.3 Å². The summed E-state index contributed by atoms with van der Waals surface area (Å²) in [6, 6.07) is 22.9. The van der Waals surface area contributed by atoms with Crippen molar-refractivity contribution in [2.24, 2.45) is 5.10 Å². The average molecular weight is 412 g/mol. The van der Waals surface area contributed by atoms with Crippen molar-refractivity contribution >= 4 is 17.3 Å². The number of carbonyl (C=O) groups is 1. The van der Waals surface area contributed by atoms with Crippen molar-refractivity contribution in [3.05, 3.63) is 118 Å². The second kappa shape index (κ2) is 8.78. The molecule has 0 atom stereocenters. The van der Waals surface area contributed by atoms with Gasteiger partial charge in [0.05, 0.1) is 10.6 Å². The number of nitrogens with zero attached hydrogens (tertiary/aromatic N) is 5. The molecule has 0 aliphatic carbocycles. The second-order valence-corrected chi connectivity index (χ2v) is 6.43.